The number of thioether (sulfide) groups is 1. The van der Waals surface area contributed by atoms with E-state index in [1.54, 1.807) is 23.4 Å². The molecule has 0 aromatic carbocycles. The molecule has 0 bridgehead atoms. The number of aromatic nitrogens is 3. The zero-order valence-electron chi connectivity index (χ0n) is 14.8. The van der Waals surface area contributed by atoms with Crippen LogP contribution in [0.25, 0.3) is 0 Å². The lowest BCUT2D eigenvalue weighted by Crippen LogP contribution is -2.39. The van der Waals surface area contributed by atoms with Crippen LogP contribution in [0.4, 0.5) is 0 Å². The molecule has 1 aliphatic rings. The standard InChI is InChI=1S/C18H21N5O2S/c1-12-3-4-14(9-20-12)17(25)23-8-6-15(10-23)22-16(24)11-26-18-19-7-5-13(2)21-18/h3-5,7,9,15H,6,8,10-11H2,1-2H3,(H,22,24)/t15-/m1/s1. The van der Waals surface area contributed by atoms with Crippen LogP contribution in [-0.4, -0.2) is 56.6 Å². The average Bonchev–Trinajstić information content (AvgIpc) is 3.08. The van der Waals surface area contributed by atoms with Crippen LogP contribution in [0, 0.1) is 13.8 Å². The topological polar surface area (TPSA) is 88.1 Å². The average molecular weight is 371 g/mol. The first-order valence-electron chi connectivity index (χ1n) is 8.45. The first-order chi connectivity index (χ1) is 12.5. The molecule has 2 aromatic heterocycles. The van der Waals surface area contributed by atoms with Crippen molar-refractivity contribution in [2.45, 2.75) is 31.5 Å². The van der Waals surface area contributed by atoms with Crippen LogP contribution in [0.2, 0.25) is 0 Å². The van der Waals surface area contributed by atoms with Crippen LogP contribution in [0.15, 0.2) is 35.7 Å². The number of rotatable bonds is 5. The van der Waals surface area contributed by atoms with E-state index in [1.807, 2.05) is 26.0 Å². The molecule has 1 aliphatic heterocycles. The van der Waals surface area contributed by atoms with Gasteiger partial charge in [-0.2, -0.15) is 0 Å². The highest BCUT2D eigenvalue weighted by Crippen LogP contribution is 2.15. The van der Waals surface area contributed by atoms with Gasteiger partial charge < -0.3 is 10.2 Å². The number of amides is 2. The van der Waals surface area contributed by atoms with Gasteiger partial charge >= 0.3 is 0 Å². The van der Waals surface area contributed by atoms with Crippen molar-refractivity contribution >= 4 is 23.6 Å². The number of hydrogen-bond donors (Lipinski definition) is 1. The van der Waals surface area contributed by atoms with Crippen LogP contribution in [0.3, 0.4) is 0 Å². The predicted octanol–water partition coefficient (Wildman–Crippen LogP) is 1.61. The van der Waals surface area contributed by atoms with Crippen LogP contribution in [0.1, 0.15) is 28.2 Å². The molecule has 2 amide bonds. The van der Waals surface area contributed by atoms with E-state index in [0.29, 0.717) is 23.8 Å². The zero-order chi connectivity index (χ0) is 18.5. The summed E-state index contributed by atoms with van der Waals surface area (Å²) in [6.45, 7) is 4.92. The highest BCUT2D eigenvalue weighted by atomic mass is 32.2. The lowest BCUT2D eigenvalue weighted by molar-refractivity contribution is -0.119. The van der Waals surface area contributed by atoms with Gasteiger partial charge in [0.15, 0.2) is 5.16 Å². The quantitative estimate of drug-likeness (QED) is 0.635. The largest absolute Gasteiger partial charge is 0.351 e. The molecule has 1 N–H and O–H groups in total. The van der Waals surface area contributed by atoms with Gasteiger partial charge in [0.25, 0.3) is 5.91 Å². The maximum atomic E-state index is 12.5. The molecule has 0 unspecified atom stereocenters. The van der Waals surface area contributed by atoms with Gasteiger partial charge in [-0.15, -0.1) is 0 Å². The summed E-state index contributed by atoms with van der Waals surface area (Å²) in [4.78, 5) is 38.9. The van der Waals surface area contributed by atoms with Crippen LogP contribution >= 0.6 is 11.8 Å². The number of nitrogens with zero attached hydrogens (tertiary/aromatic N) is 4. The van der Waals surface area contributed by atoms with Crippen molar-refractivity contribution in [3.63, 3.8) is 0 Å². The van der Waals surface area contributed by atoms with E-state index in [1.165, 1.54) is 11.8 Å². The molecule has 26 heavy (non-hydrogen) atoms. The second kappa shape index (κ2) is 8.27. The molecule has 8 heteroatoms. The highest BCUT2D eigenvalue weighted by Gasteiger charge is 2.28. The van der Waals surface area contributed by atoms with Crippen molar-refractivity contribution in [3.8, 4) is 0 Å². The van der Waals surface area contributed by atoms with E-state index in [2.05, 4.69) is 20.3 Å². The summed E-state index contributed by atoms with van der Waals surface area (Å²) in [7, 11) is 0. The Morgan fingerprint density at radius 3 is 2.81 bits per heavy atom. The van der Waals surface area contributed by atoms with Gasteiger partial charge in [-0.05, 0) is 38.5 Å². The molecule has 1 saturated heterocycles. The molecule has 7 nitrogen and oxygen atoms in total. The number of carbonyl (C=O) groups is 2. The molecule has 2 aromatic rings. The minimum absolute atomic E-state index is 0.0242. The second-order valence-electron chi connectivity index (χ2n) is 6.26. The summed E-state index contributed by atoms with van der Waals surface area (Å²) < 4.78 is 0. The van der Waals surface area contributed by atoms with Crippen LogP contribution in [0.5, 0.6) is 0 Å². The Kier molecular flexibility index (Phi) is 5.82. The molecular formula is C18H21N5O2S. The third kappa shape index (κ3) is 4.78. The summed E-state index contributed by atoms with van der Waals surface area (Å²) in [5.74, 6) is 0.142. The Morgan fingerprint density at radius 2 is 2.08 bits per heavy atom. The fourth-order valence-corrected chi connectivity index (χ4v) is 3.42. The summed E-state index contributed by atoms with van der Waals surface area (Å²) in [6.07, 6.45) is 4.04. The maximum absolute atomic E-state index is 12.5. The Hall–Kier alpha value is -2.48. The van der Waals surface area contributed by atoms with E-state index in [-0.39, 0.29) is 23.6 Å². The Labute approximate surface area is 156 Å². The molecule has 0 spiro atoms. The van der Waals surface area contributed by atoms with E-state index in [0.717, 1.165) is 17.8 Å². The van der Waals surface area contributed by atoms with E-state index >= 15 is 0 Å². The van der Waals surface area contributed by atoms with Gasteiger partial charge in [-0.3, -0.25) is 14.6 Å². The first kappa shape index (κ1) is 18.3. The minimum Gasteiger partial charge on any atom is -0.351 e. The molecule has 0 radical (unpaired) electrons. The van der Waals surface area contributed by atoms with Crippen molar-refractivity contribution in [1.82, 2.24) is 25.2 Å². The number of hydrogen-bond acceptors (Lipinski definition) is 6. The van der Waals surface area contributed by atoms with Crippen molar-refractivity contribution < 1.29 is 9.59 Å². The summed E-state index contributed by atoms with van der Waals surface area (Å²) in [6, 6.07) is 5.41. The van der Waals surface area contributed by atoms with Crippen LogP contribution < -0.4 is 5.32 Å². The summed E-state index contributed by atoms with van der Waals surface area (Å²) in [5.41, 5.74) is 2.33. The molecule has 1 atom stereocenters. The fourth-order valence-electron chi connectivity index (χ4n) is 2.73. The van der Waals surface area contributed by atoms with E-state index < -0.39 is 0 Å². The van der Waals surface area contributed by atoms with Gasteiger partial charge in [0.05, 0.1) is 11.3 Å². The van der Waals surface area contributed by atoms with E-state index in [9.17, 15) is 9.59 Å². The minimum atomic E-state index is -0.0728. The summed E-state index contributed by atoms with van der Waals surface area (Å²) in [5, 5.41) is 3.58. The number of carbonyl (C=O) groups excluding carboxylic acids is 2. The Bertz CT molecular complexity index is 796. The van der Waals surface area contributed by atoms with Crippen LogP contribution in [-0.2, 0) is 4.79 Å². The van der Waals surface area contributed by atoms with E-state index in [4.69, 9.17) is 0 Å². The molecular weight excluding hydrogens is 350 g/mol. The molecule has 136 valence electrons. The predicted molar refractivity (Wildman–Crippen MR) is 98.9 cm³/mol. The number of aryl methyl sites for hydroxylation is 2. The van der Waals surface area contributed by atoms with Crippen molar-refractivity contribution in [2.75, 3.05) is 18.8 Å². The second-order valence-corrected chi connectivity index (χ2v) is 7.20. The normalized spacial score (nSPS) is 16.5. The molecule has 3 heterocycles. The molecule has 1 fully saturated rings. The molecule has 3 rings (SSSR count). The number of likely N-dealkylation sites (tertiary alicyclic amines) is 1. The van der Waals surface area contributed by atoms with Crippen molar-refractivity contribution in [1.29, 1.82) is 0 Å². The third-order valence-corrected chi connectivity index (χ3v) is 4.97. The van der Waals surface area contributed by atoms with Crippen molar-refractivity contribution in [2.24, 2.45) is 0 Å². The first-order valence-corrected chi connectivity index (χ1v) is 9.43. The van der Waals surface area contributed by atoms with Gasteiger partial charge in [-0.25, -0.2) is 9.97 Å². The monoisotopic (exact) mass is 371 g/mol. The molecule has 0 aliphatic carbocycles. The van der Waals surface area contributed by atoms with Gasteiger partial charge in [-0.1, -0.05) is 11.8 Å². The Morgan fingerprint density at radius 1 is 1.23 bits per heavy atom. The third-order valence-electron chi connectivity index (χ3n) is 4.10. The smallest absolute Gasteiger partial charge is 0.255 e. The zero-order valence-corrected chi connectivity index (χ0v) is 15.6. The highest BCUT2D eigenvalue weighted by molar-refractivity contribution is 7.99. The molecule has 0 saturated carbocycles. The van der Waals surface area contributed by atoms with Gasteiger partial charge in [0.2, 0.25) is 5.91 Å². The lowest BCUT2D eigenvalue weighted by atomic mass is 10.2. The van der Waals surface area contributed by atoms with Gasteiger partial charge in [0.1, 0.15) is 0 Å². The number of pyridine rings is 1. The summed E-state index contributed by atoms with van der Waals surface area (Å²) >= 11 is 1.31. The number of nitrogens with one attached hydrogen (secondary N) is 1. The maximum Gasteiger partial charge on any atom is 0.255 e. The Balaban J connectivity index is 1.47. The van der Waals surface area contributed by atoms with Crippen molar-refractivity contribution in [3.05, 3.63) is 47.5 Å². The van der Waals surface area contributed by atoms with Gasteiger partial charge in [0, 0.05) is 42.9 Å². The lowest BCUT2D eigenvalue weighted by Gasteiger charge is -2.17. The fraction of sp³-hybridized carbons (Fsp3) is 0.389. The SMILES string of the molecule is Cc1ccc(C(=O)N2CC[C@@H](NC(=O)CSc3nccc(C)n3)C2)cn1.